The Morgan fingerprint density at radius 3 is 2.84 bits per heavy atom. The van der Waals surface area contributed by atoms with Gasteiger partial charge in [0, 0.05) is 25.2 Å². The molecule has 3 N–H and O–H groups in total. The highest BCUT2D eigenvalue weighted by atomic mass is 35.5. The molecule has 25 heavy (non-hydrogen) atoms. The first-order valence-corrected chi connectivity index (χ1v) is 10.2. The minimum atomic E-state index is -3.57. The number of fused-ring (bicyclic) bond motifs is 2. The van der Waals surface area contributed by atoms with E-state index in [1.165, 1.54) is 12.1 Å². The maximum Gasteiger partial charge on any atom is 0.240 e. The number of aliphatic imine (C=N–C) groups is 1. The first-order chi connectivity index (χ1) is 12.0. The predicted octanol–water partition coefficient (Wildman–Crippen LogP) is 1.10. The molecule has 0 radical (unpaired) electrons. The maximum atomic E-state index is 12.2. The molecule has 3 rings (SSSR count). The van der Waals surface area contributed by atoms with E-state index in [-0.39, 0.29) is 23.6 Å². The Balaban J connectivity index is 1.44. The Labute approximate surface area is 153 Å². The maximum absolute atomic E-state index is 12.2. The molecule has 0 amide bonds. The number of rotatable bonds is 6. The Hall–Kier alpha value is -1.35. The van der Waals surface area contributed by atoms with Gasteiger partial charge in [-0.15, -0.1) is 0 Å². The summed E-state index contributed by atoms with van der Waals surface area (Å²) in [6.45, 7) is 0.657. The molecule has 3 unspecified atom stereocenters. The van der Waals surface area contributed by atoms with Crippen LogP contribution in [0.15, 0.2) is 34.2 Å². The normalized spacial score (nSPS) is 26.0. The van der Waals surface area contributed by atoms with Crippen LogP contribution in [0.3, 0.4) is 0 Å². The summed E-state index contributed by atoms with van der Waals surface area (Å²) < 4.78 is 32.8. The topological polar surface area (TPSA) is 91.8 Å². The van der Waals surface area contributed by atoms with E-state index in [0.717, 1.165) is 19.3 Å². The van der Waals surface area contributed by atoms with Crippen molar-refractivity contribution in [2.24, 2.45) is 4.99 Å². The SMILES string of the molecule is CN=C(NCCNS(=O)(=O)c1cccc(Cl)c1)NC1CC2CCC1O2. The van der Waals surface area contributed by atoms with Gasteiger partial charge < -0.3 is 15.4 Å². The minimum absolute atomic E-state index is 0.154. The second-order valence-corrected chi connectivity index (χ2v) is 8.42. The van der Waals surface area contributed by atoms with Crippen LogP contribution in [0.1, 0.15) is 19.3 Å². The van der Waals surface area contributed by atoms with Crippen LogP contribution in [0.25, 0.3) is 0 Å². The summed E-state index contributed by atoms with van der Waals surface area (Å²) >= 11 is 5.84. The molecule has 0 spiro atoms. The van der Waals surface area contributed by atoms with Crippen LogP contribution in [0.5, 0.6) is 0 Å². The number of hydrogen-bond acceptors (Lipinski definition) is 4. The molecule has 0 saturated carbocycles. The van der Waals surface area contributed by atoms with Crippen LogP contribution >= 0.6 is 11.6 Å². The molecule has 1 aromatic rings. The summed E-state index contributed by atoms with van der Waals surface area (Å²) in [7, 11) is -1.88. The van der Waals surface area contributed by atoms with Crippen LogP contribution < -0.4 is 15.4 Å². The third-order valence-electron chi connectivity index (χ3n) is 4.47. The van der Waals surface area contributed by atoms with Crippen molar-refractivity contribution in [1.29, 1.82) is 0 Å². The molecular formula is C16H23ClN4O3S. The van der Waals surface area contributed by atoms with E-state index in [1.54, 1.807) is 19.2 Å². The molecule has 2 saturated heterocycles. The van der Waals surface area contributed by atoms with E-state index < -0.39 is 10.0 Å². The molecule has 2 fully saturated rings. The van der Waals surface area contributed by atoms with Crippen LogP contribution in [-0.2, 0) is 14.8 Å². The fraction of sp³-hybridized carbons (Fsp3) is 0.562. The number of guanidine groups is 1. The molecule has 9 heteroatoms. The molecule has 2 aliphatic rings. The van der Waals surface area contributed by atoms with Crippen molar-refractivity contribution in [3.8, 4) is 0 Å². The summed E-state index contributed by atoms with van der Waals surface area (Å²) in [5, 5.41) is 6.86. The van der Waals surface area contributed by atoms with Crippen LogP contribution in [0.4, 0.5) is 0 Å². The van der Waals surface area contributed by atoms with Gasteiger partial charge in [0.1, 0.15) is 0 Å². The van der Waals surface area contributed by atoms with Crippen molar-refractivity contribution in [2.45, 2.75) is 42.4 Å². The number of nitrogens with zero attached hydrogens (tertiary/aromatic N) is 1. The van der Waals surface area contributed by atoms with E-state index in [4.69, 9.17) is 16.3 Å². The number of benzene rings is 1. The van der Waals surface area contributed by atoms with Crippen LogP contribution in [0, 0.1) is 0 Å². The van der Waals surface area contributed by atoms with Gasteiger partial charge in [0.25, 0.3) is 0 Å². The molecule has 3 atom stereocenters. The lowest BCUT2D eigenvalue weighted by Gasteiger charge is -2.22. The fourth-order valence-electron chi connectivity index (χ4n) is 3.24. The van der Waals surface area contributed by atoms with Gasteiger partial charge in [0.15, 0.2) is 5.96 Å². The molecule has 2 bridgehead atoms. The fourth-order valence-corrected chi connectivity index (χ4v) is 4.58. The molecule has 1 aromatic carbocycles. The van der Waals surface area contributed by atoms with Gasteiger partial charge in [0.2, 0.25) is 10.0 Å². The Kier molecular flexibility index (Phi) is 5.83. The summed E-state index contributed by atoms with van der Waals surface area (Å²) in [5.41, 5.74) is 0. The van der Waals surface area contributed by atoms with E-state index in [1.807, 2.05) is 0 Å². The molecule has 2 heterocycles. The standard InChI is InChI=1S/C16H23ClN4O3S/c1-18-16(21-14-10-12-5-6-15(14)24-12)19-7-8-20-25(22,23)13-4-2-3-11(17)9-13/h2-4,9,12,14-15,20H,5-8,10H2,1H3,(H2,18,19,21). The van der Waals surface area contributed by atoms with Crippen molar-refractivity contribution in [2.75, 3.05) is 20.1 Å². The van der Waals surface area contributed by atoms with Gasteiger partial charge in [-0.2, -0.15) is 0 Å². The third kappa shape index (κ3) is 4.63. The highest BCUT2D eigenvalue weighted by Gasteiger charge is 2.41. The van der Waals surface area contributed by atoms with Crippen molar-refractivity contribution < 1.29 is 13.2 Å². The average molecular weight is 387 g/mol. The Morgan fingerprint density at radius 1 is 1.36 bits per heavy atom. The van der Waals surface area contributed by atoms with Gasteiger partial charge in [-0.1, -0.05) is 17.7 Å². The molecule has 0 aromatic heterocycles. The zero-order valence-corrected chi connectivity index (χ0v) is 15.6. The second kappa shape index (κ2) is 7.90. The van der Waals surface area contributed by atoms with Gasteiger partial charge in [-0.05, 0) is 37.5 Å². The summed E-state index contributed by atoms with van der Waals surface area (Å²) in [6.07, 6.45) is 3.83. The predicted molar refractivity (Wildman–Crippen MR) is 97.4 cm³/mol. The zero-order valence-electron chi connectivity index (χ0n) is 14.0. The summed E-state index contributed by atoms with van der Waals surface area (Å²) in [6, 6.07) is 6.45. The monoisotopic (exact) mass is 386 g/mol. The number of sulfonamides is 1. The van der Waals surface area contributed by atoms with Crippen LogP contribution in [0.2, 0.25) is 5.02 Å². The quantitative estimate of drug-likeness (QED) is 0.387. The largest absolute Gasteiger partial charge is 0.373 e. The van der Waals surface area contributed by atoms with E-state index in [9.17, 15) is 8.42 Å². The lowest BCUT2D eigenvalue weighted by Crippen LogP contribution is -2.48. The first-order valence-electron chi connectivity index (χ1n) is 8.36. The lowest BCUT2D eigenvalue weighted by atomic mass is 9.96. The highest BCUT2D eigenvalue weighted by Crippen LogP contribution is 2.34. The van der Waals surface area contributed by atoms with E-state index in [0.29, 0.717) is 23.6 Å². The van der Waals surface area contributed by atoms with Crippen molar-refractivity contribution in [3.05, 3.63) is 29.3 Å². The van der Waals surface area contributed by atoms with Crippen molar-refractivity contribution in [1.82, 2.24) is 15.4 Å². The number of halogens is 1. The molecular weight excluding hydrogens is 364 g/mol. The average Bonchev–Trinajstić information content (AvgIpc) is 3.20. The smallest absolute Gasteiger partial charge is 0.240 e. The Morgan fingerprint density at radius 2 is 2.20 bits per heavy atom. The van der Waals surface area contributed by atoms with Crippen LogP contribution in [-0.4, -0.2) is 52.8 Å². The zero-order chi connectivity index (χ0) is 17.9. The van der Waals surface area contributed by atoms with Gasteiger partial charge in [0.05, 0.1) is 23.1 Å². The minimum Gasteiger partial charge on any atom is -0.373 e. The molecule has 0 aliphatic carbocycles. The lowest BCUT2D eigenvalue weighted by molar-refractivity contribution is 0.0992. The number of ether oxygens (including phenoxy) is 1. The summed E-state index contributed by atoms with van der Waals surface area (Å²) in [4.78, 5) is 4.34. The van der Waals surface area contributed by atoms with Gasteiger partial charge in [-0.3, -0.25) is 4.99 Å². The third-order valence-corrected chi connectivity index (χ3v) is 6.16. The summed E-state index contributed by atoms with van der Waals surface area (Å²) in [5.74, 6) is 0.656. The van der Waals surface area contributed by atoms with Gasteiger partial charge >= 0.3 is 0 Å². The van der Waals surface area contributed by atoms with Crippen molar-refractivity contribution >= 4 is 27.6 Å². The molecule has 2 aliphatic heterocycles. The molecule has 7 nitrogen and oxygen atoms in total. The van der Waals surface area contributed by atoms with Crippen molar-refractivity contribution in [3.63, 3.8) is 0 Å². The first kappa shape index (κ1) is 18.4. The number of nitrogens with one attached hydrogen (secondary N) is 3. The van der Waals surface area contributed by atoms with E-state index >= 15 is 0 Å². The second-order valence-electron chi connectivity index (χ2n) is 6.21. The number of hydrogen-bond donors (Lipinski definition) is 3. The van der Waals surface area contributed by atoms with Gasteiger partial charge in [-0.25, -0.2) is 13.1 Å². The Bertz CT molecular complexity index is 741. The highest BCUT2D eigenvalue weighted by molar-refractivity contribution is 7.89. The van der Waals surface area contributed by atoms with E-state index in [2.05, 4.69) is 20.3 Å². The molecule has 138 valence electrons.